The third kappa shape index (κ3) is 6.89. The predicted octanol–water partition coefficient (Wildman–Crippen LogP) is 2.95. The Morgan fingerprint density at radius 2 is 2.00 bits per heavy atom. The Morgan fingerprint density at radius 3 is 2.71 bits per heavy atom. The summed E-state index contributed by atoms with van der Waals surface area (Å²) in [5.41, 5.74) is 0.913. The van der Waals surface area contributed by atoms with Crippen molar-refractivity contribution >= 4 is 35.6 Å². The van der Waals surface area contributed by atoms with Crippen LogP contribution in [0.1, 0.15) is 12.0 Å². The van der Waals surface area contributed by atoms with Crippen LogP contribution >= 0.6 is 24.0 Å². The zero-order chi connectivity index (χ0) is 21.3. The van der Waals surface area contributed by atoms with Gasteiger partial charge in [-0.25, -0.2) is 13.8 Å². The van der Waals surface area contributed by atoms with Crippen molar-refractivity contribution in [3.05, 3.63) is 53.7 Å². The summed E-state index contributed by atoms with van der Waals surface area (Å²) in [4.78, 5) is 10.2. The smallest absolute Gasteiger partial charge is 0.218 e. The molecule has 2 aromatic rings. The maximum absolute atomic E-state index is 14.1. The summed E-state index contributed by atoms with van der Waals surface area (Å²) >= 11 is 0. The monoisotopic (exact) mass is 547 g/mol. The van der Waals surface area contributed by atoms with Crippen molar-refractivity contribution in [2.24, 2.45) is 4.99 Å². The molecule has 2 heterocycles. The fourth-order valence-electron chi connectivity index (χ4n) is 3.35. The molecule has 10 heteroatoms. The fourth-order valence-corrected chi connectivity index (χ4v) is 3.35. The largest absolute Gasteiger partial charge is 0.475 e. The number of benzene rings is 1. The van der Waals surface area contributed by atoms with Gasteiger partial charge in [0, 0.05) is 51.6 Å². The van der Waals surface area contributed by atoms with Gasteiger partial charge in [-0.1, -0.05) is 12.1 Å². The molecule has 1 aromatic carbocycles. The quantitative estimate of drug-likeness (QED) is 0.229. The van der Waals surface area contributed by atoms with E-state index >= 15 is 0 Å². The van der Waals surface area contributed by atoms with E-state index < -0.39 is 11.6 Å². The summed E-state index contributed by atoms with van der Waals surface area (Å²) < 4.78 is 38.8. The summed E-state index contributed by atoms with van der Waals surface area (Å²) in [6.45, 7) is 2.41. The summed E-state index contributed by atoms with van der Waals surface area (Å²) in [5.74, 6) is 0.0496. The number of ether oxygens (including phenoxy) is 2. The van der Waals surface area contributed by atoms with Gasteiger partial charge in [-0.2, -0.15) is 0 Å². The number of aliphatic imine (C=N–C) groups is 1. The molecule has 0 saturated carbocycles. The highest BCUT2D eigenvalue weighted by molar-refractivity contribution is 14.0. The lowest BCUT2D eigenvalue weighted by Crippen LogP contribution is -2.44. The topological polar surface area (TPSA) is 71.0 Å². The average molecular weight is 547 g/mol. The molecule has 1 fully saturated rings. The van der Waals surface area contributed by atoms with Crippen LogP contribution in [0.4, 0.5) is 14.5 Å². The maximum atomic E-state index is 14.1. The molecule has 0 spiro atoms. The summed E-state index contributed by atoms with van der Waals surface area (Å²) in [7, 11) is 3.29. The first-order valence-electron chi connectivity index (χ1n) is 9.84. The van der Waals surface area contributed by atoms with Gasteiger partial charge in [0.2, 0.25) is 5.88 Å². The minimum atomic E-state index is -0.546. The number of rotatable bonds is 8. The summed E-state index contributed by atoms with van der Waals surface area (Å²) in [6.07, 6.45) is 2.42. The SMILES string of the molecule is CN=C(NCc1cccnc1OCCOC)NC1CCN(c2c(F)cccc2F)C1.I. The predicted molar refractivity (Wildman–Crippen MR) is 127 cm³/mol. The first kappa shape index (κ1) is 25.1. The number of hydrogen-bond acceptors (Lipinski definition) is 5. The van der Waals surface area contributed by atoms with Crippen LogP contribution in [-0.4, -0.2) is 57.4 Å². The molecule has 7 nitrogen and oxygen atoms in total. The Labute approximate surface area is 198 Å². The Hall–Kier alpha value is -2.21. The number of para-hydroxylation sites is 1. The lowest BCUT2D eigenvalue weighted by molar-refractivity contribution is 0.143. The van der Waals surface area contributed by atoms with E-state index in [1.165, 1.54) is 18.2 Å². The van der Waals surface area contributed by atoms with E-state index in [4.69, 9.17) is 9.47 Å². The van der Waals surface area contributed by atoms with E-state index in [9.17, 15) is 8.78 Å². The first-order valence-corrected chi connectivity index (χ1v) is 9.84. The van der Waals surface area contributed by atoms with E-state index in [-0.39, 0.29) is 35.7 Å². The molecule has 31 heavy (non-hydrogen) atoms. The molecular weight excluding hydrogens is 519 g/mol. The van der Waals surface area contributed by atoms with Crippen molar-refractivity contribution in [1.29, 1.82) is 0 Å². The van der Waals surface area contributed by atoms with Gasteiger partial charge in [0.15, 0.2) is 5.96 Å². The lowest BCUT2D eigenvalue weighted by Gasteiger charge is -2.21. The third-order valence-electron chi connectivity index (χ3n) is 4.83. The van der Waals surface area contributed by atoms with E-state index in [1.54, 1.807) is 25.3 Å². The highest BCUT2D eigenvalue weighted by Crippen LogP contribution is 2.26. The Bertz CT molecular complexity index is 851. The molecule has 1 aliphatic heterocycles. The van der Waals surface area contributed by atoms with Crippen LogP contribution in [0.2, 0.25) is 0 Å². The maximum Gasteiger partial charge on any atom is 0.218 e. The second-order valence-corrected chi connectivity index (χ2v) is 6.88. The van der Waals surface area contributed by atoms with Gasteiger partial charge in [-0.15, -0.1) is 24.0 Å². The molecule has 0 aliphatic carbocycles. The molecule has 0 bridgehead atoms. The standard InChI is InChI=1S/C21H27F2N5O2.HI/c1-24-21(26-13-15-5-4-9-25-20(15)30-12-11-29-2)27-16-8-10-28(14-16)19-17(22)6-3-7-18(19)23;/h3-7,9,16H,8,10-14H2,1-2H3,(H2,24,26,27);1H. The number of nitrogens with one attached hydrogen (secondary N) is 2. The lowest BCUT2D eigenvalue weighted by atomic mass is 10.2. The van der Waals surface area contributed by atoms with Gasteiger partial charge in [-0.05, 0) is 24.6 Å². The number of halogens is 3. The number of methoxy groups -OCH3 is 1. The molecule has 0 radical (unpaired) electrons. The van der Waals surface area contributed by atoms with Gasteiger partial charge >= 0.3 is 0 Å². The molecule has 1 saturated heterocycles. The van der Waals surface area contributed by atoms with Gasteiger partial charge in [0.1, 0.15) is 23.9 Å². The number of anilines is 1. The minimum Gasteiger partial charge on any atom is -0.475 e. The fraction of sp³-hybridized carbons (Fsp3) is 0.429. The molecule has 1 atom stereocenters. The highest BCUT2D eigenvalue weighted by atomic mass is 127. The van der Waals surface area contributed by atoms with Crippen molar-refractivity contribution in [2.75, 3.05) is 45.4 Å². The highest BCUT2D eigenvalue weighted by Gasteiger charge is 2.27. The normalized spacial score (nSPS) is 16.1. The van der Waals surface area contributed by atoms with Crippen LogP contribution in [0.15, 0.2) is 41.5 Å². The van der Waals surface area contributed by atoms with Gasteiger partial charge < -0.3 is 25.0 Å². The van der Waals surface area contributed by atoms with E-state index in [1.807, 2.05) is 12.1 Å². The molecule has 3 rings (SSSR count). The van der Waals surface area contributed by atoms with Crippen LogP contribution in [-0.2, 0) is 11.3 Å². The number of pyridine rings is 1. The average Bonchev–Trinajstić information content (AvgIpc) is 3.20. The Kier molecular flexibility index (Phi) is 10.2. The van der Waals surface area contributed by atoms with Crippen molar-refractivity contribution in [2.45, 2.75) is 19.0 Å². The second kappa shape index (κ2) is 12.6. The van der Waals surface area contributed by atoms with Crippen LogP contribution < -0.4 is 20.3 Å². The number of nitrogens with zero attached hydrogens (tertiary/aromatic N) is 3. The van der Waals surface area contributed by atoms with E-state index in [0.29, 0.717) is 44.7 Å². The van der Waals surface area contributed by atoms with Crippen LogP contribution in [0.25, 0.3) is 0 Å². The zero-order valence-corrected chi connectivity index (χ0v) is 19.9. The summed E-state index contributed by atoms with van der Waals surface area (Å²) in [6, 6.07) is 7.71. The van der Waals surface area contributed by atoms with Gasteiger partial charge in [-0.3, -0.25) is 4.99 Å². The van der Waals surface area contributed by atoms with Crippen molar-refractivity contribution in [1.82, 2.24) is 15.6 Å². The van der Waals surface area contributed by atoms with E-state index in [0.717, 1.165) is 12.0 Å². The molecule has 1 unspecified atom stereocenters. The minimum absolute atomic E-state index is 0. The second-order valence-electron chi connectivity index (χ2n) is 6.88. The molecule has 1 aliphatic rings. The van der Waals surface area contributed by atoms with Gasteiger partial charge in [0.25, 0.3) is 0 Å². The number of hydrogen-bond donors (Lipinski definition) is 2. The van der Waals surface area contributed by atoms with Crippen molar-refractivity contribution in [3.8, 4) is 5.88 Å². The Morgan fingerprint density at radius 1 is 1.23 bits per heavy atom. The Balaban J connectivity index is 0.00000341. The number of aromatic nitrogens is 1. The third-order valence-corrected chi connectivity index (χ3v) is 4.83. The molecule has 2 N–H and O–H groups in total. The molecule has 170 valence electrons. The van der Waals surface area contributed by atoms with Crippen LogP contribution in [0, 0.1) is 11.6 Å². The summed E-state index contributed by atoms with van der Waals surface area (Å²) in [5, 5.41) is 6.56. The molecular formula is C21H28F2IN5O2. The van der Waals surface area contributed by atoms with Gasteiger partial charge in [0.05, 0.1) is 6.61 Å². The van der Waals surface area contributed by atoms with Crippen LogP contribution in [0.5, 0.6) is 5.88 Å². The van der Waals surface area contributed by atoms with Crippen molar-refractivity contribution in [3.63, 3.8) is 0 Å². The van der Waals surface area contributed by atoms with Crippen LogP contribution in [0.3, 0.4) is 0 Å². The first-order chi connectivity index (χ1) is 14.6. The molecule has 0 amide bonds. The van der Waals surface area contributed by atoms with Crippen molar-refractivity contribution < 1.29 is 18.3 Å². The van der Waals surface area contributed by atoms with E-state index in [2.05, 4.69) is 20.6 Å². The molecule has 1 aromatic heterocycles. The number of guanidine groups is 1. The zero-order valence-electron chi connectivity index (χ0n) is 17.6.